The summed E-state index contributed by atoms with van der Waals surface area (Å²) < 4.78 is 1.69. The van der Waals surface area contributed by atoms with E-state index in [0.29, 0.717) is 16.7 Å². The van der Waals surface area contributed by atoms with Gasteiger partial charge >= 0.3 is 0 Å². The Kier molecular flexibility index (Phi) is 5.04. The molecule has 1 N–H and O–H groups in total. The van der Waals surface area contributed by atoms with Crippen LogP contribution in [0.25, 0.3) is 5.95 Å². The minimum absolute atomic E-state index is 0.112. The van der Waals surface area contributed by atoms with Crippen molar-refractivity contribution in [1.29, 1.82) is 0 Å². The van der Waals surface area contributed by atoms with Gasteiger partial charge in [-0.2, -0.15) is 5.10 Å². The van der Waals surface area contributed by atoms with Gasteiger partial charge in [-0.1, -0.05) is 11.6 Å². The summed E-state index contributed by atoms with van der Waals surface area (Å²) >= 11 is 5.87. The monoisotopic (exact) mass is 369 g/mol. The van der Waals surface area contributed by atoms with Crippen molar-refractivity contribution in [3.05, 3.63) is 63.7 Å². The van der Waals surface area contributed by atoms with E-state index in [-0.39, 0.29) is 12.3 Å². The van der Waals surface area contributed by atoms with E-state index in [1.165, 1.54) is 0 Å². The first-order valence-electron chi connectivity index (χ1n) is 8.26. The third kappa shape index (κ3) is 3.91. The maximum absolute atomic E-state index is 12.4. The molecular weight excluding hydrogens is 350 g/mol. The van der Waals surface area contributed by atoms with Gasteiger partial charge in [0.2, 0.25) is 5.91 Å². The fraction of sp³-hybridized carbons (Fsp3) is 0.263. The average molecular weight is 370 g/mol. The predicted molar refractivity (Wildman–Crippen MR) is 102 cm³/mol. The second kappa shape index (κ2) is 7.25. The molecule has 0 unspecified atom stereocenters. The number of aromatic nitrogens is 4. The number of rotatable bonds is 4. The lowest BCUT2D eigenvalue weighted by Gasteiger charge is -2.07. The molecule has 0 radical (unpaired) electrons. The first kappa shape index (κ1) is 18.1. The lowest BCUT2D eigenvalue weighted by molar-refractivity contribution is -0.115. The molecule has 1 aromatic carbocycles. The van der Waals surface area contributed by atoms with Gasteiger partial charge in [-0.05, 0) is 58.0 Å². The zero-order valence-corrected chi connectivity index (χ0v) is 15.9. The highest BCUT2D eigenvalue weighted by molar-refractivity contribution is 6.30. The number of nitrogens with zero attached hydrogens (tertiary/aromatic N) is 4. The molecule has 2 aromatic heterocycles. The summed E-state index contributed by atoms with van der Waals surface area (Å²) in [6.07, 6.45) is 0.227. The molecule has 134 valence electrons. The number of nitrogens with one attached hydrogen (secondary N) is 1. The lowest BCUT2D eigenvalue weighted by atomic mass is 10.1. The van der Waals surface area contributed by atoms with Gasteiger partial charge in [0.1, 0.15) is 0 Å². The number of aryl methyl sites for hydroxylation is 3. The van der Waals surface area contributed by atoms with Gasteiger partial charge in [-0.25, -0.2) is 14.6 Å². The zero-order chi connectivity index (χ0) is 18.8. The van der Waals surface area contributed by atoms with E-state index >= 15 is 0 Å². The molecule has 0 atom stereocenters. The number of hydrogen-bond donors (Lipinski definition) is 1. The van der Waals surface area contributed by atoms with Crippen molar-refractivity contribution in [2.24, 2.45) is 0 Å². The van der Waals surface area contributed by atoms with Gasteiger partial charge in [0.15, 0.2) is 0 Å². The van der Waals surface area contributed by atoms with Gasteiger partial charge in [0.25, 0.3) is 5.95 Å². The van der Waals surface area contributed by atoms with E-state index in [2.05, 4.69) is 20.4 Å². The van der Waals surface area contributed by atoms with Gasteiger partial charge in [0, 0.05) is 33.4 Å². The molecule has 0 bridgehead atoms. The first-order chi connectivity index (χ1) is 12.3. The minimum atomic E-state index is -0.112. The van der Waals surface area contributed by atoms with Crippen molar-refractivity contribution < 1.29 is 4.79 Å². The van der Waals surface area contributed by atoms with Crippen LogP contribution in [0.5, 0.6) is 0 Å². The van der Waals surface area contributed by atoms with Crippen molar-refractivity contribution in [3.8, 4) is 5.95 Å². The SMILES string of the molecule is Cc1cc(C)nc(-n2nc(C)c(CC(=O)Nc3ccc(Cl)cc3)c2C)n1. The molecule has 6 nitrogen and oxygen atoms in total. The number of carbonyl (C=O) groups excluding carboxylic acids is 1. The summed E-state index contributed by atoms with van der Waals surface area (Å²) in [6.45, 7) is 7.65. The van der Waals surface area contributed by atoms with Crippen LogP contribution in [0.2, 0.25) is 5.02 Å². The quantitative estimate of drug-likeness (QED) is 0.760. The molecule has 1 amide bonds. The minimum Gasteiger partial charge on any atom is -0.326 e. The highest BCUT2D eigenvalue weighted by atomic mass is 35.5. The van der Waals surface area contributed by atoms with Crippen LogP contribution >= 0.6 is 11.6 Å². The third-order valence-electron chi connectivity index (χ3n) is 4.07. The van der Waals surface area contributed by atoms with Crippen LogP contribution < -0.4 is 5.32 Å². The fourth-order valence-corrected chi connectivity index (χ4v) is 2.95. The number of benzene rings is 1. The van der Waals surface area contributed by atoms with Crippen LogP contribution in [0.1, 0.15) is 28.3 Å². The molecule has 26 heavy (non-hydrogen) atoms. The van der Waals surface area contributed by atoms with Gasteiger partial charge in [-0.15, -0.1) is 0 Å². The normalized spacial score (nSPS) is 10.8. The van der Waals surface area contributed by atoms with E-state index in [9.17, 15) is 4.79 Å². The maximum atomic E-state index is 12.4. The lowest BCUT2D eigenvalue weighted by Crippen LogP contribution is -2.15. The fourth-order valence-electron chi connectivity index (χ4n) is 2.83. The second-order valence-corrected chi connectivity index (χ2v) is 6.68. The molecule has 7 heteroatoms. The number of amides is 1. The molecule has 0 aliphatic carbocycles. The maximum Gasteiger partial charge on any atom is 0.251 e. The molecule has 3 aromatic rings. The van der Waals surface area contributed by atoms with E-state index in [1.54, 1.807) is 28.9 Å². The topological polar surface area (TPSA) is 72.7 Å². The summed E-state index contributed by atoms with van der Waals surface area (Å²) in [5, 5.41) is 8.03. The summed E-state index contributed by atoms with van der Waals surface area (Å²) in [7, 11) is 0. The van der Waals surface area contributed by atoms with Crippen LogP contribution in [0.3, 0.4) is 0 Å². The van der Waals surface area contributed by atoms with Crippen molar-refractivity contribution in [2.45, 2.75) is 34.1 Å². The Hall–Kier alpha value is -2.73. The van der Waals surface area contributed by atoms with Crippen LogP contribution in [-0.2, 0) is 11.2 Å². The summed E-state index contributed by atoms with van der Waals surface area (Å²) in [4.78, 5) is 21.3. The molecule has 0 saturated carbocycles. The van der Waals surface area contributed by atoms with E-state index in [1.807, 2.05) is 33.8 Å². The summed E-state index contributed by atoms with van der Waals surface area (Å²) in [5.74, 6) is 0.409. The number of halogens is 1. The predicted octanol–water partition coefficient (Wildman–Crippen LogP) is 3.73. The summed E-state index contributed by atoms with van der Waals surface area (Å²) in [6, 6.07) is 8.93. The molecule has 2 heterocycles. The highest BCUT2D eigenvalue weighted by Gasteiger charge is 2.17. The van der Waals surface area contributed by atoms with Gasteiger partial charge in [-0.3, -0.25) is 4.79 Å². The van der Waals surface area contributed by atoms with E-state index < -0.39 is 0 Å². The number of carbonyl (C=O) groups is 1. The van der Waals surface area contributed by atoms with E-state index in [4.69, 9.17) is 11.6 Å². The van der Waals surface area contributed by atoms with Gasteiger partial charge < -0.3 is 5.32 Å². The Bertz CT molecular complexity index is 943. The second-order valence-electron chi connectivity index (χ2n) is 6.24. The smallest absolute Gasteiger partial charge is 0.251 e. The Morgan fingerprint density at radius 2 is 1.69 bits per heavy atom. The van der Waals surface area contributed by atoms with E-state index in [0.717, 1.165) is 28.3 Å². The van der Waals surface area contributed by atoms with Crippen molar-refractivity contribution >= 4 is 23.2 Å². The van der Waals surface area contributed by atoms with Crippen LogP contribution in [-0.4, -0.2) is 25.7 Å². The van der Waals surface area contributed by atoms with Crippen LogP contribution in [0, 0.1) is 27.7 Å². The van der Waals surface area contributed by atoms with Crippen LogP contribution in [0.15, 0.2) is 30.3 Å². The molecular formula is C19H20ClN5O. The summed E-state index contributed by atoms with van der Waals surface area (Å²) in [5.41, 5.74) is 4.98. The Balaban J connectivity index is 1.83. The molecule has 0 spiro atoms. The van der Waals surface area contributed by atoms with Crippen molar-refractivity contribution in [2.75, 3.05) is 5.32 Å². The molecule has 3 rings (SSSR count). The molecule has 0 fully saturated rings. The van der Waals surface area contributed by atoms with Gasteiger partial charge in [0.05, 0.1) is 12.1 Å². The Morgan fingerprint density at radius 3 is 2.31 bits per heavy atom. The number of hydrogen-bond acceptors (Lipinski definition) is 4. The standard InChI is InChI=1S/C19H20ClN5O/c1-11-9-12(2)22-19(21-11)25-14(4)17(13(3)24-25)10-18(26)23-16-7-5-15(20)6-8-16/h5-9H,10H2,1-4H3,(H,23,26). The zero-order valence-electron chi connectivity index (χ0n) is 15.2. The van der Waals surface area contributed by atoms with Crippen molar-refractivity contribution in [1.82, 2.24) is 19.7 Å². The molecule has 0 aliphatic rings. The first-order valence-corrected chi connectivity index (χ1v) is 8.64. The molecule has 0 aliphatic heterocycles. The van der Waals surface area contributed by atoms with Crippen molar-refractivity contribution in [3.63, 3.8) is 0 Å². The molecule has 0 saturated heterocycles. The highest BCUT2D eigenvalue weighted by Crippen LogP contribution is 2.19. The van der Waals surface area contributed by atoms with Crippen LogP contribution in [0.4, 0.5) is 5.69 Å². The number of anilines is 1. The average Bonchev–Trinajstić information content (AvgIpc) is 2.84. The third-order valence-corrected chi connectivity index (χ3v) is 4.32. The largest absolute Gasteiger partial charge is 0.326 e. The Labute approximate surface area is 157 Å². The Morgan fingerprint density at radius 1 is 1.08 bits per heavy atom.